The van der Waals surface area contributed by atoms with E-state index in [0.717, 1.165) is 13.2 Å². The number of hydrogen-bond acceptors (Lipinski definition) is 7. The number of carboxylic acid groups (broad SMARTS) is 1. The maximum Gasteiger partial charge on any atom is 0.435 e. The van der Waals surface area contributed by atoms with E-state index >= 15 is 0 Å². The first-order valence-corrected chi connectivity index (χ1v) is 14.1. The van der Waals surface area contributed by atoms with E-state index < -0.39 is 75.4 Å². The van der Waals surface area contributed by atoms with E-state index in [4.69, 9.17) is 5.11 Å². The third-order valence-electron chi connectivity index (χ3n) is 6.22. The topological polar surface area (TPSA) is 154 Å². The van der Waals surface area contributed by atoms with Crippen LogP contribution in [0.15, 0.2) is 33.5 Å². The van der Waals surface area contributed by atoms with Gasteiger partial charge >= 0.3 is 12.3 Å². The summed E-state index contributed by atoms with van der Waals surface area (Å²) in [6, 6.07) is 3.91. The van der Waals surface area contributed by atoms with Crippen molar-refractivity contribution in [1.82, 2.24) is 15.5 Å². The molecule has 41 heavy (non-hydrogen) atoms. The predicted octanol–water partition coefficient (Wildman–Crippen LogP) is 4.32. The van der Waals surface area contributed by atoms with Crippen molar-refractivity contribution in [3.63, 3.8) is 0 Å². The van der Waals surface area contributed by atoms with Crippen LogP contribution in [0, 0.1) is 6.92 Å². The van der Waals surface area contributed by atoms with E-state index in [1.54, 1.807) is 0 Å². The van der Waals surface area contributed by atoms with Crippen LogP contribution in [-0.2, 0) is 20.7 Å². The van der Waals surface area contributed by atoms with Crippen molar-refractivity contribution >= 4 is 39.1 Å². The first-order valence-electron chi connectivity index (χ1n) is 12.2. The Morgan fingerprint density at radius 1 is 1.17 bits per heavy atom. The van der Waals surface area contributed by atoms with Crippen molar-refractivity contribution in [2.45, 2.75) is 56.1 Å². The minimum absolute atomic E-state index is 0.00549. The summed E-state index contributed by atoms with van der Waals surface area (Å²) in [5.74, 6) is -5.34. The van der Waals surface area contributed by atoms with Gasteiger partial charge in [0.1, 0.15) is 6.04 Å². The summed E-state index contributed by atoms with van der Waals surface area (Å²) in [4.78, 5) is 37.6. The van der Waals surface area contributed by atoms with Gasteiger partial charge in [-0.05, 0) is 44.0 Å². The summed E-state index contributed by atoms with van der Waals surface area (Å²) < 4.78 is 85.5. The minimum atomic E-state index is -4.95. The van der Waals surface area contributed by atoms with Gasteiger partial charge < -0.3 is 20.6 Å². The van der Waals surface area contributed by atoms with E-state index in [-0.39, 0.29) is 35.9 Å². The zero-order valence-corrected chi connectivity index (χ0v) is 22.9. The van der Waals surface area contributed by atoms with Crippen LogP contribution in [0.4, 0.5) is 38.3 Å². The van der Waals surface area contributed by atoms with Crippen molar-refractivity contribution in [2.75, 3.05) is 29.6 Å². The quantitative estimate of drug-likeness (QED) is 0.411. The normalized spacial score (nSPS) is 17.5. The average Bonchev–Trinajstić information content (AvgIpc) is 3.02. The molecule has 17 heteroatoms. The van der Waals surface area contributed by atoms with Crippen molar-refractivity contribution in [3.05, 3.63) is 41.1 Å². The van der Waals surface area contributed by atoms with Crippen LogP contribution in [0.25, 0.3) is 0 Å². The van der Waals surface area contributed by atoms with Crippen LogP contribution < -0.4 is 15.5 Å². The molecule has 3 N–H and O–H groups in total. The molecule has 1 saturated heterocycles. The number of amides is 3. The van der Waals surface area contributed by atoms with Gasteiger partial charge in [0.05, 0.1) is 15.3 Å². The standard InChI is InChI=1S/C24H27F5N6O5S/c1-13-17(19(33-32-18(13)24(27,28)29)35-10-5-8-23(25,26)9-11-35)21(37)31-15-6-4-7-16(12-15)41(3,40)34-20(36)14(2)30-22(38)39/h4,6-7,12,14,30H,5,8-11H2,1-3H3,(H,31,37)(H,38,39). The minimum Gasteiger partial charge on any atom is -0.465 e. The molecule has 11 nitrogen and oxygen atoms in total. The molecule has 0 spiro atoms. The highest BCUT2D eigenvalue weighted by atomic mass is 32.2. The largest absolute Gasteiger partial charge is 0.465 e. The number of carbonyl (C=O) groups excluding carboxylic acids is 2. The summed E-state index contributed by atoms with van der Waals surface area (Å²) in [6.45, 7) is 1.96. The monoisotopic (exact) mass is 606 g/mol. The molecule has 2 atom stereocenters. The van der Waals surface area contributed by atoms with Gasteiger partial charge in [-0.1, -0.05) is 6.07 Å². The van der Waals surface area contributed by atoms with Crippen LogP contribution in [0.5, 0.6) is 0 Å². The van der Waals surface area contributed by atoms with Crippen LogP contribution in [0.3, 0.4) is 0 Å². The van der Waals surface area contributed by atoms with E-state index in [1.165, 1.54) is 36.1 Å². The van der Waals surface area contributed by atoms with Gasteiger partial charge in [-0.2, -0.15) is 17.5 Å². The first kappa shape index (κ1) is 31.6. The third-order valence-corrected chi connectivity index (χ3v) is 7.87. The number of halogens is 5. The number of rotatable bonds is 6. The molecule has 3 amide bonds. The lowest BCUT2D eigenvalue weighted by Crippen LogP contribution is -2.37. The molecule has 0 radical (unpaired) electrons. The molecule has 0 aliphatic carbocycles. The Hall–Kier alpha value is -3.89. The maximum absolute atomic E-state index is 13.9. The Morgan fingerprint density at radius 3 is 2.49 bits per heavy atom. The fourth-order valence-corrected chi connectivity index (χ4v) is 5.38. The fraction of sp³-hybridized carbons (Fsp3) is 0.458. The molecule has 2 heterocycles. The van der Waals surface area contributed by atoms with Gasteiger partial charge in [0, 0.05) is 42.8 Å². The summed E-state index contributed by atoms with van der Waals surface area (Å²) in [5.41, 5.74) is -2.53. The third kappa shape index (κ3) is 7.86. The van der Waals surface area contributed by atoms with Crippen molar-refractivity contribution in [2.24, 2.45) is 4.36 Å². The Kier molecular flexibility index (Phi) is 9.20. The Bertz CT molecular complexity index is 1480. The molecular formula is C24H27F5N6O5S. The highest BCUT2D eigenvalue weighted by Crippen LogP contribution is 2.36. The second kappa shape index (κ2) is 11.9. The van der Waals surface area contributed by atoms with Crippen LogP contribution in [0.1, 0.15) is 47.8 Å². The number of anilines is 2. The number of benzene rings is 1. The van der Waals surface area contributed by atoms with E-state index in [1.807, 2.05) is 5.32 Å². The van der Waals surface area contributed by atoms with Gasteiger partial charge in [0.2, 0.25) is 5.92 Å². The summed E-state index contributed by atoms with van der Waals surface area (Å²) in [7, 11) is -3.45. The first-order chi connectivity index (χ1) is 18.9. The highest BCUT2D eigenvalue weighted by molar-refractivity contribution is 7.93. The number of aromatic nitrogens is 2. The SMILES string of the molecule is Cc1c(C(F)(F)F)nnc(N2CCCC(F)(F)CC2)c1C(=O)Nc1cccc(S(C)(=O)=NC(=O)C(C)NC(=O)O)c1. The van der Waals surface area contributed by atoms with Crippen LogP contribution in [-0.4, -0.2) is 68.7 Å². The zero-order chi connectivity index (χ0) is 30.8. The summed E-state index contributed by atoms with van der Waals surface area (Å²) in [6.07, 6.45) is -6.35. The molecule has 1 aromatic carbocycles. The molecule has 1 aliphatic rings. The van der Waals surface area contributed by atoms with Gasteiger partial charge in [0.15, 0.2) is 11.5 Å². The number of nitrogens with zero attached hydrogens (tertiary/aromatic N) is 4. The van der Waals surface area contributed by atoms with E-state index in [0.29, 0.717) is 0 Å². The Labute approximate surface area is 231 Å². The van der Waals surface area contributed by atoms with Crippen molar-refractivity contribution < 1.29 is 45.7 Å². The molecule has 3 rings (SSSR count). The molecule has 0 bridgehead atoms. The smallest absolute Gasteiger partial charge is 0.435 e. The molecular weight excluding hydrogens is 579 g/mol. The molecule has 0 saturated carbocycles. The summed E-state index contributed by atoms with van der Waals surface area (Å²) in [5, 5.41) is 19.9. The van der Waals surface area contributed by atoms with Crippen LogP contribution >= 0.6 is 0 Å². The second-order valence-corrected chi connectivity index (χ2v) is 11.7. The fourth-order valence-electron chi connectivity index (χ4n) is 4.10. The Balaban J connectivity index is 1.99. The number of alkyl halides is 5. The van der Waals surface area contributed by atoms with Gasteiger partial charge in [-0.15, -0.1) is 10.2 Å². The lowest BCUT2D eigenvalue weighted by atomic mass is 10.1. The van der Waals surface area contributed by atoms with E-state index in [2.05, 4.69) is 19.9 Å². The Morgan fingerprint density at radius 2 is 1.85 bits per heavy atom. The lowest BCUT2D eigenvalue weighted by Gasteiger charge is -2.25. The molecule has 2 aromatic rings. The highest BCUT2D eigenvalue weighted by Gasteiger charge is 2.39. The van der Waals surface area contributed by atoms with E-state index in [9.17, 15) is 40.5 Å². The maximum atomic E-state index is 13.9. The molecule has 1 aromatic heterocycles. The summed E-state index contributed by atoms with van der Waals surface area (Å²) >= 11 is 0. The number of hydrogen-bond donors (Lipinski definition) is 3. The van der Waals surface area contributed by atoms with Crippen LogP contribution in [0.2, 0.25) is 0 Å². The predicted molar refractivity (Wildman–Crippen MR) is 138 cm³/mol. The van der Waals surface area contributed by atoms with Gasteiger partial charge in [-0.25, -0.2) is 17.8 Å². The molecule has 224 valence electrons. The zero-order valence-electron chi connectivity index (χ0n) is 22.1. The van der Waals surface area contributed by atoms with Crippen molar-refractivity contribution in [3.8, 4) is 0 Å². The molecule has 1 aliphatic heterocycles. The lowest BCUT2D eigenvalue weighted by molar-refractivity contribution is -0.142. The van der Waals surface area contributed by atoms with Gasteiger partial charge in [-0.3, -0.25) is 9.59 Å². The average molecular weight is 607 g/mol. The molecule has 2 unspecified atom stereocenters. The second-order valence-electron chi connectivity index (χ2n) is 9.45. The number of carbonyl (C=O) groups is 3. The van der Waals surface area contributed by atoms with Crippen molar-refractivity contribution in [1.29, 1.82) is 0 Å². The number of nitrogens with one attached hydrogen (secondary N) is 2. The molecule has 1 fully saturated rings. The van der Waals surface area contributed by atoms with Gasteiger partial charge in [0.25, 0.3) is 11.8 Å².